The Hall–Kier alpha value is -2.03. The van der Waals surface area contributed by atoms with Crippen LogP contribution in [0.15, 0.2) is 60.7 Å². The molecule has 0 aliphatic heterocycles. The van der Waals surface area contributed by atoms with E-state index in [1.54, 1.807) is 0 Å². The molecule has 0 bridgehead atoms. The van der Waals surface area contributed by atoms with Crippen molar-refractivity contribution < 1.29 is 28.2 Å². The highest BCUT2D eigenvalue weighted by Gasteiger charge is 2.49. The highest BCUT2D eigenvalue weighted by molar-refractivity contribution is 6.99. The number of carbonyl (C=O) groups excluding carboxylic acids is 1. The summed E-state index contributed by atoms with van der Waals surface area (Å²) in [5.74, 6) is -0.142. The molecule has 0 heterocycles. The lowest BCUT2D eigenvalue weighted by atomic mass is 10.2. The van der Waals surface area contributed by atoms with Crippen LogP contribution in [0.4, 0.5) is 0 Å². The van der Waals surface area contributed by atoms with Crippen molar-refractivity contribution in [3.63, 3.8) is 0 Å². The number of esters is 1. The molecular weight excluding hydrogens is 496 g/mol. The number of hydrogen-bond donors (Lipinski definition) is 0. The molecule has 0 aromatic heterocycles. The van der Waals surface area contributed by atoms with Gasteiger partial charge in [0.15, 0.2) is 0 Å². The normalized spacial score (nSPS) is 12.0. The van der Waals surface area contributed by atoms with Crippen LogP contribution < -0.4 is 10.4 Å². The summed E-state index contributed by atoms with van der Waals surface area (Å²) < 4.78 is 28.8. The topological polar surface area (TPSA) is 63.2 Å². The van der Waals surface area contributed by atoms with Gasteiger partial charge >= 0.3 is 5.97 Å². The van der Waals surface area contributed by atoms with Crippen molar-refractivity contribution in [3.8, 4) is 0 Å². The van der Waals surface area contributed by atoms with Gasteiger partial charge in [0.2, 0.25) is 0 Å². The molecule has 212 valence electrons. The molecule has 0 saturated carbocycles. The van der Waals surface area contributed by atoms with E-state index in [0.29, 0.717) is 59.3 Å². The van der Waals surface area contributed by atoms with Gasteiger partial charge in [-0.3, -0.25) is 4.79 Å². The fraction of sp³-hybridized carbons (Fsp3) is 0.581. The molecular formula is C31H48O6Si. The number of benzene rings is 2. The van der Waals surface area contributed by atoms with Gasteiger partial charge in [-0.2, -0.15) is 0 Å². The summed E-state index contributed by atoms with van der Waals surface area (Å²) >= 11 is 0. The zero-order valence-electron chi connectivity index (χ0n) is 23.9. The van der Waals surface area contributed by atoms with Crippen molar-refractivity contribution in [1.82, 2.24) is 0 Å². The lowest BCUT2D eigenvalue weighted by molar-refractivity contribution is -0.145. The second-order valence-electron chi connectivity index (χ2n) is 10.4. The Morgan fingerprint density at radius 3 is 1.61 bits per heavy atom. The minimum Gasteiger partial charge on any atom is -0.463 e. The average Bonchev–Trinajstić information content (AvgIpc) is 2.92. The van der Waals surface area contributed by atoms with E-state index < -0.39 is 8.32 Å². The highest BCUT2D eigenvalue weighted by atomic mass is 28.4. The van der Waals surface area contributed by atoms with E-state index in [1.165, 1.54) is 10.4 Å². The molecule has 2 aromatic rings. The molecule has 0 spiro atoms. The van der Waals surface area contributed by atoms with Crippen LogP contribution in [-0.4, -0.2) is 67.1 Å². The van der Waals surface area contributed by atoms with Gasteiger partial charge in [-0.25, -0.2) is 0 Å². The maximum absolute atomic E-state index is 11.6. The Kier molecular flexibility index (Phi) is 15.5. The van der Waals surface area contributed by atoms with Crippen LogP contribution in [0.25, 0.3) is 0 Å². The number of carbonyl (C=O) groups is 1. The van der Waals surface area contributed by atoms with Crippen LogP contribution in [0.3, 0.4) is 0 Å². The Balaban J connectivity index is 1.62. The van der Waals surface area contributed by atoms with E-state index in [0.717, 1.165) is 25.7 Å². The molecule has 0 aliphatic rings. The van der Waals surface area contributed by atoms with E-state index in [9.17, 15) is 4.79 Å². The van der Waals surface area contributed by atoms with E-state index >= 15 is 0 Å². The van der Waals surface area contributed by atoms with Crippen LogP contribution in [0, 0.1) is 0 Å². The van der Waals surface area contributed by atoms with Gasteiger partial charge in [0.25, 0.3) is 8.32 Å². The molecule has 0 amide bonds. The number of ether oxygens (including phenoxy) is 4. The van der Waals surface area contributed by atoms with Crippen LogP contribution in [0.5, 0.6) is 0 Å². The maximum Gasteiger partial charge on any atom is 0.305 e. The molecule has 0 radical (unpaired) electrons. The van der Waals surface area contributed by atoms with Crippen LogP contribution >= 0.6 is 0 Å². The third-order valence-electron chi connectivity index (χ3n) is 6.43. The molecule has 2 rings (SSSR count). The lowest BCUT2D eigenvalue weighted by Crippen LogP contribution is -2.66. The van der Waals surface area contributed by atoms with Crippen molar-refractivity contribution in [2.75, 3.05) is 52.9 Å². The first-order valence-electron chi connectivity index (χ1n) is 14.1. The van der Waals surface area contributed by atoms with Crippen molar-refractivity contribution >= 4 is 24.7 Å². The zero-order chi connectivity index (χ0) is 27.5. The van der Waals surface area contributed by atoms with E-state index in [-0.39, 0.29) is 11.0 Å². The molecule has 2 aromatic carbocycles. The summed E-state index contributed by atoms with van der Waals surface area (Å²) in [5.41, 5.74) is 0. The molecule has 0 fully saturated rings. The van der Waals surface area contributed by atoms with Gasteiger partial charge in [0, 0.05) is 6.42 Å². The van der Waals surface area contributed by atoms with Gasteiger partial charge in [0.05, 0.1) is 46.2 Å². The van der Waals surface area contributed by atoms with Crippen molar-refractivity contribution in [2.24, 2.45) is 0 Å². The molecule has 0 aliphatic carbocycles. The predicted molar refractivity (Wildman–Crippen MR) is 156 cm³/mol. The smallest absolute Gasteiger partial charge is 0.305 e. The Bertz CT molecular complexity index is 829. The second kappa shape index (κ2) is 18.3. The molecule has 6 nitrogen and oxygen atoms in total. The van der Waals surface area contributed by atoms with Crippen molar-refractivity contribution in [1.29, 1.82) is 0 Å². The molecule has 0 saturated heterocycles. The van der Waals surface area contributed by atoms with Crippen LogP contribution in [0.1, 0.15) is 59.8 Å². The average molecular weight is 545 g/mol. The largest absolute Gasteiger partial charge is 0.463 e. The number of rotatable bonds is 20. The Morgan fingerprint density at radius 1 is 0.658 bits per heavy atom. The second-order valence-corrected chi connectivity index (χ2v) is 14.7. The van der Waals surface area contributed by atoms with Gasteiger partial charge in [0.1, 0.15) is 6.61 Å². The quantitative estimate of drug-likeness (QED) is 0.131. The minimum absolute atomic E-state index is 0.0498. The third kappa shape index (κ3) is 11.0. The van der Waals surface area contributed by atoms with E-state index in [1.807, 2.05) is 0 Å². The highest BCUT2D eigenvalue weighted by Crippen LogP contribution is 2.36. The predicted octanol–water partition coefficient (Wildman–Crippen LogP) is 5.13. The summed E-state index contributed by atoms with van der Waals surface area (Å²) in [6.07, 6.45) is 4.80. The van der Waals surface area contributed by atoms with Gasteiger partial charge in [-0.15, -0.1) is 0 Å². The summed E-state index contributed by atoms with van der Waals surface area (Å²) in [4.78, 5) is 11.6. The first-order chi connectivity index (χ1) is 18.4. The fourth-order valence-electron chi connectivity index (χ4n) is 4.54. The van der Waals surface area contributed by atoms with Crippen LogP contribution in [-0.2, 0) is 28.2 Å². The first-order valence-corrected chi connectivity index (χ1v) is 16.0. The van der Waals surface area contributed by atoms with Gasteiger partial charge in [-0.1, -0.05) is 108 Å². The molecule has 7 heteroatoms. The molecule has 0 N–H and O–H groups in total. The number of hydrogen-bond acceptors (Lipinski definition) is 6. The fourth-order valence-corrected chi connectivity index (χ4v) is 9.08. The summed E-state index contributed by atoms with van der Waals surface area (Å²) in [5, 5.41) is 2.48. The summed E-state index contributed by atoms with van der Waals surface area (Å²) in [7, 11) is -2.52. The lowest BCUT2D eigenvalue weighted by Gasteiger charge is -2.43. The van der Waals surface area contributed by atoms with E-state index in [4.69, 9.17) is 23.4 Å². The third-order valence-corrected chi connectivity index (χ3v) is 11.5. The molecule has 0 unspecified atom stereocenters. The maximum atomic E-state index is 11.6. The Morgan fingerprint density at radius 2 is 1.13 bits per heavy atom. The first kappa shape index (κ1) is 32.2. The van der Waals surface area contributed by atoms with Crippen LogP contribution in [0.2, 0.25) is 5.04 Å². The summed E-state index contributed by atoms with van der Waals surface area (Å²) in [6, 6.07) is 21.2. The van der Waals surface area contributed by atoms with Gasteiger partial charge < -0.3 is 23.4 Å². The molecule has 38 heavy (non-hydrogen) atoms. The standard InChI is InChI=1S/C31H48O6Si/c1-5-6-7-14-19-30(32)36-26-24-34-22-20-33-21-23-35-25-27-37-38(31(2,3)4,28-15-10-8-11-16-28)29-17-12-9-13-18-29/h8-13,15-18H,5-7,14,19-27H2,1-4H3. The number of unbranched alkanes of at least 4 members (excludes halogenated alkanes) is 3. The van der Waals surface area contributed by atoms with Gasteiger partial charge in [-0.05, 0) is 21.8 Å². The van der Waals surface area contributed by atoms with E-state index in [2.05, 4.69) is 88.4 Å². The van der Waals surface area contributed by atoms with Crippen molar-refractivity contribution in [3.05, 3.63) is 60.7 Å². The molecule has 0 atom stereocenters. The zero-order valence-corrected chi connectivity index (χ0v) is 24.9. The monoisotopic (exact) mass is 544 g/mol. The van der Waals surface area contributed by atoms with Crippen molar-refractivity contribution in [2.45, 2.75) is 64.8 Å². The Labute approximate surface area is 231 Å². The minimum atomic E-state index is -2.52. The SMILES string of the molecule is CCCCCCC(=O)OCCOCCOCCOCCO[Si](c1ccccc1)(c1ccccc1)C(C)(C)C. The summed E-state index contributed by atoms with van der Waals surface area (Å²) in [6.45, 7) is 12.6.